The van der Waals surface area contributed by atoms with Gasteiger partial charge in [-0.1, -0.05) is 19.8 Å². The van der Waals surface area contributed by atoms with E-state index in [1.165, 1.54) is 25.7 Å². The van der Waals surface area contributed by atoms with Crippen molar-refractivity contribution in [1.82, 2.24) is 5.32 Å². The zero-order valence-corrected chi connectivity index (χ0v) is 10.4. The van der Waals surface area contributed by atoms with E-state index in [1.54, 1.807) is 0 Å². The van der Waals surface area contributed by atoms with Crippen LogP contribution < -0.4 is 5.32 Å². The van der Waals surface area contributed by atoms with Crippen LogP contribution in [0.25, 0.3) is 0 Å². The fourth-order valence-electron chi connectivity index (χ4n) is 2.36. The van der Waals surface area contributed by atoms with E-state index in [-0.39, 0.29) is 0 Å². The molecule has 1 saturated carbocycles. The minimum absolute atomic E-state index is 0.299. The highest BCUT2D eigenvalue weighted by Gasteiger charge is 2.28. The Balaban J connectivity index is 2.49. The third-order valence-electron chi connectivity index (χ3n) is 3.37. The summed E-state index contributed by atoms with van der Waals surface area (Å²) in [4.78, 5) is 0. The molecule has 0 bridgehead atoms. The van der Waals surface area contributed by atoms with E-state index >= 15 is 0 Å². The summed E-state index contributed by atoms with van der Waals surface area (Å²) in [5.41, 5.74) is 0. The first kappa shape index (κ1) is 12.2. The molecule has 3 unspecified atom stereocenters. The van der Waals surface area contributed by atoms with E-state index < -0.39 is 10.8 Å². The molecule has 0 radical (unpaired) electrons. The number of nitrogens with one attached hydrogen (secondary N) is 1. The van der Waals surface area contributed by atoms with E-state index in [9.17, 15) is 4.21 Å². The molecule has 0 aromatic heterocycles. The Kier molecular flexibility index (Phi) is 5.10. The number of hydrogen-bond acceptors (Lipinski definition) is 2. The van der Waals surface area contributed by atoms with Gasteiger partial charge < -0.3 is 5.32 Å². The van der Waals surface area contributed by atoms with Crippen LogP contribution in [0.1, 0.15) is 46.0 Å². The highest BCUT2D eigenvalue weighted by Crippen LogP contribution is 2.25. The van der Waals surface area contributed by atoms with E-state index in [0.717, 1.165) is 6.42 Å². The number of hydrogen-bond donors (Lipinski definition) is 1. The van der Waals surface area contributed by atoms with Crippen LogP contribution in [0.15, 0.2) is 0 Å². The molecular formula is C11H23NOS. The predicted octanol–water partition coefficient (Wildman–Crippen LogP) is 2.06. The van der Waals surface area contributed by atoms with Gasteiger partial charge in [-0.05, 0) is 33.2 Å². The van der Waals surface area contributed by atoms with Gasteiger partial charge in [0.15, 0.2) is 0 Å². The quantitative estimate of drug-likeness (QED) is 0.764. The summed E-state index contributed by atoms with van der Waals surface area (Å²) in [7, 11) is 1.34. The van der Waals surface area contributed by atoms with Crippen molar-refractivity contribution >= 4 is 10.8 Å². The highest BCUT2D eigenvalue weighted by molar-refractivity contribution is 7.86. The van der Waals surface area contributed by atoms with Crippen molar-refractivity contribution in [1.29, 1.82) is 0 Å². The van der Waals surface area contributed by atoms with Gasteiger partial charge >= 0.3 is 0 Å². The van der Waals surface area contributed by atoms with E-state index in [4.69, 9.17) is 0 Å². The van der Waals surface area contributed by atoms with E-state index in [0.29, 0.717) is 16.5 Å². The normalized spacial score (nSPS) is 24.8. The molecule has 1 aliphatic rings. The Bertz CT molecular complexity index is 186. The lowest BCUT2D eigenvalue weighted by atomic mass is 10.2. The van der Waals surface area contributed by atoms with Crippen LogP contribution in [0.3, 0.4) is 0 Å². The average molecular weight is 217 g/mol. The molecule has 14 heavy (non-hydrogen) atoms. The summed E-state index contributed by atoms with van der Waals surface area (Å²) in [6, 6.07) is 0.413. The van der Waals surface area contributed by atoms with Gasteiger partial charge in [0.25, 0.3) is 0 Å². The fraction of sp³-hybridized carbons (Fsp3) is 1.00. The molecule has 2 nitrogen and oxygen atoms in total. The molecule has 0 saturated heterocycles. The van der Waals surface area contributed by atoms with Crippen LogP contribution in [0.2, 0.25) is 0 Å². The minimum Gasteiger partial charge on any atom is -0.316 e. The first-order valence-electron chi connectivity index (χ1n) is 5.77. The standard InChI is InChI=1S/C11H23NOS/c1-4-11(12-3)9(2)14(13)10-7-5-6-8-10/h9-12H,4-8H2,1-3H3. The molecule has 1 N–H and O–H groups in total. The molecule has 3 heteroatoms. The molecule has 1 fully saturated rings. The molecule has 0 aromatic rings. The lowest BCUT2D eigenvalue weighted by Crippen LogP contribution is -2.40. The van der Waals surface area contributed by atoms with Crippen molar-refractivity contribution in [2.45, 2.75) is 62.5 Å². The monoisotopic (exact) mass is 217 g/mol. The SMILES string of the molecule is CCC(NC)C(C)S(=O)C1CCCC1. The zero-order chi connectivity index (χ0) is 10.6. The van der Waals surface area contributed by atoms with Crippen LogP contribution >= 0.6 is 0 Å². The maximum absolute atomic E-state index is 12.2. The minimum atomic E-state index is -0.632. The number of rotatable bonds is 5. The van der Waals surface area contributed by atoms with Crippen molar-refractivity contribution in [3.05, 3.63) is 0 Å². The molecule has 84 valence electrons. The molecule has 3 atom stereocenters. The van der Waals surface area contributed by atoms with Crippen LogP contribution in [0.4, 0.5) is 0 Å². The van der Waals surface area contributed by atoms with Gasteiger partial charge in [0.05, 0.1) is 0 Å². The largest absolute Gasteiger partial charge is 0.316 e. The summed E-state index contributed by atoms with van der Waals surface area (Å²) in [6.07, 6.45) is 5.98. The summed E-state index contributed by atoms with van der Waals surface area (Å²) in [5, 5.41) is 4.04. The molecule has 1 rings (SSSR count). The Morgan fingerprint density at radius 3 is 2.43 bits per heavy atom. The first-order valence-corrected chi connectivity index (χ1v) is 7.05. The smallest absolute Gasteiger partial charge is 0.0475 e. The van der Waals surface area contributed by atoms with Gasteiger partial charge in [-0.3, -0.25) is 4.21 Å². The molecule has 1 aliphatic carbocycles. The third kappa shape index (κ3) is 2.80. The maximum Gasteiger partial charge on any atom is 0.0475 e. The second kappa shape index (κ2) is 5.86. The summed E-state index contributed by atoms with van der Waals surface area (Å²) < 4.78 is 12.2. The Morgan fingerprint density at radius 1 is 1.43 bits per heavy atom. The van der Waals surface area contributed by atoms with E-state index in [1.807, 2.05) is 7.05 Å². The lowest BCUT2D eigenvalue weighted by molar-refractivity contribution is 0.526. The second-order valence-electron chi connectivity index (χ2n) is 4.24. The lowest BCUT2D eigenvalue weighted by Gasteiger charge is -2.24. The molecular weight excluding hydrogens is 194 g/mol. The maximum atomic E-state index is 12.2. The molecule has 0 amide bonds. The van der Waals surface area contributed by atoms with Gasteiger partial charge in [-0.15, -0.1) is 0 Å². The van der Waals surface area contributed by atoms with Crippen LogP contribution in [0, 0.1) is 0 Å². The Hall–Kier alpha value is 0.110. The van der Waals surface area contributed by atoms with Gasteiger partial charge in [0.2, 0.25) is 0 Å². The van der Waals surface area contributed by atoms with Gasteiger partial charge in [-0.2, -0.15) is 0 Å². The van der Waals surface area contributed by atoms with Crippen LogP contribution in [-0.2, 0) is 10.8 Å². The fourth-order valence-corrected chi connectivity index (χ4v) is 4.41. The third-order valence-corrected chi connectivity index (χ3v) is 5.56. The van der Waals surface area contributed by atoms with E-state index in [2.05, 4.69) is 19.2 Å². The second-order valence-corrected chi connectivity index (χ2v) is 6.31. The molecule has 0 heterocycles. The summed E-state index contributed by atoms with van der Waals surface area (Å²) >= 11 is 0. The van der Waals surface area contributed by atoms with Crippen LogP contribution in [0.5, 0.6) is 0 Å². The molecule has 0 aliphatic heterocycles. The van der Waals surface area contributed by atoms with Gasteiger partial charge in [0, 0.05) is 27.3 Å². The van der Waals surface area contributed by atoms with Crippen molar-refractivity contribution in [2.24, 2.45) is 0 Å². The summed E-state index contributed by atoms with van der Waals surface area (Å²) in [6.45, 7) is 4.28. The van der Waals surface area contributed by atoms with Crippen molar-refractivity contribution in [3.8, 4) is 0 Å². The topological polar surface area (TPSA) is 29.1 Å². The summed E-state index contributed by atoms with van der Waals surface area (Å²) in [5.74, 6) is 0. The van der Waals surface area contributed by atoms with Crippen molar-refractivity contribution in [2.75, 3.05) is 7.05 Å². The Morgan fingerprint density at radius 2 is 2.00 bits per heavy atom. The molecule has 0 aromatic carbocycles. The first-order chi connectivity index (χ1) is 6.70. The van der Waals surface area contributed by atoms with Crippen molar-refractivity contribution < 1.29 is 4.21 Å². The molecule has 0 spiro atoms. The Labute approximate surface area is 90.3 Å². The average Bonchev–Trinajstić information content (AvgIpc) is 2.71. The highest BCUT2D eigenvalue weighted by atomic mass is 32.2. The van der Waals surface area contributed by atoms with Gasteiger partial charge in [-0.25, -0.2) is 0 Å². The van der Waals surface area contributed by atoms with Crippen molar-refractivity contribution in [3.63, 3.8) is 0 Å². The van der Waals surface area contributed by atoms with Crippen LogP contribution in [-0.4, -0.2) is 27.8 Å². The predicted molar refractivity (Wildman–Crippen MR) is 63.0 cm³/mol. The zero-order valence-electron chi connectivity index (χ0n) is 9.58. The van der Waals surface area contributed by atoms with Gasteiger partial charge in [0.1, 0.15) is 0 Å².